The van der Waals surface area contributed by atoms with E-state index in [9.17, 15) is 0 Å². The largest absolute Gasteiger partial charge is 0.497 e. The summed E-state index contributed by atoms with van der Waals surface area (Å²) in [6.07, 6.45) is 0. The van der Waals surface area contributed by atoms with Crippen LogP contribution in [0.3, 0.4) is 0 Å². The number of hydrogen-bond donors (Lipinski definition) is 1. The van der Waals surface area contributed by atoms with Gasteiger partial charge in [-0.15, -0.1) is 0 Å². The molecule has 0 aliphatic heterocycles. The molecular weight excluding hydrogens is 270 g/mol. The first-order valence-corrected chi connectivity index (χ1v) is 8.24. The molecule has 1 aromatic rings. The quantitative estimate of drug-likeness (QED) is 0.741. The molecule has 0 amide bonds. The van der Waals surface area contributed by atoms with Crippen LogP contribution in [-0.2, 0) is 6.54 Å². The second kappa shape index (κ2) is 8.42. The second-order valence-electron chi connectivity index (χ2n) is 5.62. The molecule has 0 spiro atoms. The van der Waals surface area contributed by atoms with Crippen molar-refractivity contribution in [2.45, 2.75) is 39.8 Å². The number of thioether (sulfide) groups is 1. The fourth-order valence-electron chi connectivity index (χ4n) is 1.68. The van der Waals surface area contributed by atoms with Gasteiger partial charge in [-0.25, -0.2) is 0 Å². The lowest BCUT2D eigenvalue weighted by Crippen LogP contribution is -2.35. The normalized spacial score (nSPS) is 11.4. The van der Waals surface area contributed by atoms with E-state index in [0.717, 1.165) is 41.7 Å². The van der Waals surface area contributed by atoms with E-state index in [-0.39, 0.29) is 5.54 Å². The Kier molecular flexibility index (Phi) is 7.24. The molecule has 20 heavy (non-hydrogen) atoms. The minimum atomic E-state index is 0.0818. The molecule has 0 fully saturated rings. The molecule has 0 heterocycles. The van der Waals surface area contributed by atoms with Gasteiger partial charge in [-0.2, -0.15) is 11.8 Å². The van der Waals surface area contributed by atoms with Crippen LogP contribution in [0.4, 0.5) is 0 Å². The highest BCUT2D eigenvalue weighted by Gasteiger charge is 2.12. The molecule has 3 nitrogen and oxygen atoms in total. The number of methoxy groups -OCH3 is 1. The van der Waals surface area contributed by atoms with E-state index >= 15 is 0 Å². The van der Waals surface area contributed by atoms with Crippen molar-refractivity contribution in [3.05, 3.63) is 23.8 Å². The molecule has 1 aromatic carbocycles. The maximum atomic E-state index is 5.89. The zero-order valence-corrected chi connectivity index (χ0v) is 14.1. The van der Waals surface area contributed by atoms with Gasteiger partial charge in [-0.05, 0) is 44.7 Å². The van der Waals surface area contributed by atoms with E-state index < -0.39 is 0 Å². The predicted molar refractivity (Wildman–Crippen MR) is 88.1 cm³/mol. The highest BCUT2D eigenvalue weighted by molar-refractivity contribution is 7.99. The first-order chi connectivity index (χ1) is 9.46. The van der Waals surface area contributed by atoms with Crippen LogP contribution in [0.15, 0.2) is 18.2 Å². The third-order valence-electron chi connectivity index (χ3n) is 2.77. The molecule has 114 valence electrons. The highest BCUT2D eigenvalue weighted by atomic mass is 32.2. The lowest BCUT2D eigenvalue weighted by atomic mass is 10.1. The fraction of sp³-hybridized carbons (Fsp3) is 0.625. The molecule has 0 atom stereocenters. The zero-order valence-electron chi connectivity index (χ0n) is 13.3. The molecule has 0 aliphatic carbocycles. The van der Waals surface area contributed by atoms with E-state index in [0.29, 0.717) is 0 Å². The highest BCUT2D eigenvalue weighted by Crippen LogP contribution is 2.25. The molecule has 1 rings (SSSR count). The van der Waals surface area contributed by atoms with Crippen molar-refractivity contribution in [3.63, 3.8) is 0 Å². The van der Waals surface area contributed by atoms with Crippen LogP contribution < -0.4 is 14.8 Å². The molecular formula is C16H27NO2S. The predicted octanol–water partition coefficient (Wildman–Crippen LogP) is 3.72. The summed E-state index contributed by atoms with van der Waals surface area (Å²) in [5.74, 6) is 3.96. The van der Waals surface area contributed by atoms with Gasteiger partial charge >= 0.3 is 0 Å². The van der Waals surface area contributed by atoms with Gasteiger partial charge < -0.3 is 14.8 Å². The van der Waals surface area contributed by atoms with E-state index in [1.54, 1.807) is 7.11 Å². The van der Waals surface area contributed by atoms with Gasteiger partial charge in [0.1, 0.15) is 11.5 Å². The molecule has 0 saturated carbocycles. The maximum absolute atomic E-state index is 5.89. The first kappa shape index (κ1) is 17.2. The van der Waals surface area contributed by atoms with Crippen LogP contribution >= 0.6 is 11.8 Å². The van der Waals surface area contributed by atoms with Gasteiger partial charge in [0.15, 0.2) is 0 Å². The number of hydrogen-bond acceptors (Lipinski definition) is 4. The Balaban J connectivity index is 2.70. The van der Waals surface area contributed by atoms with Gasteiger partial charge in [-0.1, -0.05) is 6.92 Å². The second-order valence-corrected chi connectivity index (χ2v) is 7.02. The van der Waals surface area contributed by atoms with Crippen molar-refractivity contribution in [1.29, 1.82) is 0 Å². The van der Waals surface area contributed by atoms with Crippen LogP contribution in [0.5, 0.6) is 11.5 Å². The van der Waals surface area contributed by atoms with Crippen molar-refractivity contribution < 1.29 is 9.47 Å². The topological polar surface area (TPSA) is 30.5 Å². The lowest BCUT2D eigenvalue weighted by molar-refractivity contribution is 0.333. The average molecular weight is 297 g/mol. The van der Waals surface area contributed by atoms with Crippen molar-refractivity contribution in [2.75, 3.05) is 25.2 Å². The van der Waals surface area contributed by atoms with Crippen LogP contribution in [-0.4, -0.2) is 30.8 Å². The van der Waals surface area contributed by atoms with Crippen LogP contribution in [0, 0.1) is 0 Å². The molecule has 1 N–H and O–H groups in total. The summed E-state index contributed by atoms with van der Waals surface area (Å²) in [7, 11) is 1.69. The summed E-state index contributed by atoms with van der Waals surface area (Å²) in [6, 6.07) is 5.99. The van der Waals surface area contributed by atoms with E-state index in [1.165, 1.54) is 0 Å². The summed E-state index contributed by atoms with van der Waals surface area (Å²) in [4.78, 5) is 0. The standard InChI is InChI=1S/C16H27NO2S/c1-6-20-10-9-19-15-8-7-14(18-5)11-13(15)12-17-16(2,3)4/h7-8,11,17H,6,9-10,12H2,1-5H3. The first-order valence-electron chi connectivity index (χ1n) is 7.08. The summed E-state index contributed by atoms with van der Waals surface area (Å²) in [5, 5.41) is 3.49. The van der Waals surface area contributed by atoms with Gasteiger partial charge in [0, 0.05) is 23.4 Å². The number of benzene rings is 1. The number of ether oxygens (including phenoxy) is 2. The van der Waals surface area contributed by atoms with E-state index in [2.05, 4.69) is 33.0 Å². The Morgan fingerprint density at radius 2 is 2.00 bits per heavy atom. The average Bonchev–Trinajstić information content (AvgIpc) is 2.41. The minimum Gasteiger partial charge on any atom is -0.497 e. The Morgan fingerprint density at radius 3 is 2.60 bits per heavy atom. The lowest BCUT2D eigenvalue weighted by Gasteiger charge is -2.22. The molecule has 0 unspecified atom stereocenters. The van der Waals surface area contributed by atoms with Crippen molar-refractivity contribution in [2.24, 2.45) is 0 Å². The summed E-state index contributed by atoms with van der Waals surface area (Å²) >= 11 is 1.89. The molecule has 0 bridgehead atoms. The van der Waals surface area contributed by atoms with Crippen LogP contribution in [0.1, 0.15) is 33.3 Å². The summed E-state index contributed by atoms with van der Waals surface area (Å²) in [6.45, 7) is 10.2. The van der Waals surface area contributed by atoms with E-state index in [4.69, 9.17) is 9.47 Å². The van der Waals surface area contributed by atoms with Gasteiger partial charge in [0.25, 0.3) is 0 Å². The Hall–Kier alpha value is -0.870. The van der Waals surface area contributed by atoms with Crippen molar-refractivity contribution in [3.8, 4) is 11.5 Å². The number of nitrogens with one attached hydrogen (secondary N) is 1. The third-order valence-corrected chi connectivity index (χ3v) is 3.63. The Labute approximate surface area is 127 Å². The molecule has 0 radical (unpaired) electrons. The van der Waals surface area contributed by atoms with Crippen molar-refractivity contribution in [1.82, 2.24) is 5.32 Å². The monoisotopic (exact) mass is 297 g/mol. The SMILES string of the molecule is CCSCCOc1ccc(OC)cc1CNC(C)(C)C. The van der Waals surface area contributed by atoms with Gasteiger partial charge in [-0.3, -0.25) is 0 Å². The summed E-state index contributed by atoms with van der Waals surface area (Å²) < 4.78 is 11.2. The van der Waals surface area contributed by atoms with Gasteiger partial charge in [0.05, 0.1) is 13.7 Å². The van der Waals surface area contributed by atoms with Gasteiger partial charge in [0.2, 0.25) is 0 Å². The van der Waals surface area contributed by atoms with E-state index in [1.807, 2.05) is 30.0 Å². The summed E-state index contributed by atoms with van der Waals surface area (Å²) in [5.41, 5.74) is 1.22. The third kappa shape index (κ3) is 6.53. The molecule has 4 heteroatoms. The minimum absolute atomic E-state index is 0.0818. The Morgan fingerprint density at radius 1 is 1.25 bits per heavy atom. The molecule has 0 aromatic heterocycles. The van der Waals surface area contributed by atoms with Crippen LogP contribution in [0.25, 0.3) is 0 Å². The Bertz CT molecular complexity index is 402. The molecule has 0 saturated heterocycles. The fourth-order valence-corrected chi connectivity index (χ4v) is 2.17. The zero-order chi connectivity index (χ0) is 15.0. The molecule has 0 aliphatic rings. The maximum Gasteiger partial charge on any atom is 0.124 e. The number of rotatable bonds is 8. The van der Waals surface area contributed by atoms with Crippen molar-refractivity contribution >= 4 is 11.8 Å². The smallest absolute Gasteiger partial charge is 0.124 e. The van der Waals surface area contributed by atoms with Crippen LogP contribution in [0.2, 0.25) is 0 Å².